The number of hydrogen-bond donors (Lipinski definition) is 1. The molecule has 0 aromatic heterocycles. The minimum absolute atomic E-state index is 0.0850. The first-order valence-corrected chi connectivity index (χ1v) is 9.40. The van der Waals surface area contributed by atoms with Gasteiger partial charge in [-0.05, 0) is 48.5 Å². The number of benzene rings is 1. The van der Waals surface area contributed by atoms with Gasteiger partial charge in [0.15, 0.2) is 0 Å². The molecule has 5 heteroatoms. The van der Waals surface area contributed by atoms with Gasteiger partial charge < -0.3 is 10.0 Å². The van der Waals surface area contributed by atoms with Crippen LogP contribution in [0.5, 0.6) is 0 Å². The van der Waals surface area contributed by atoms with E-state index in [-0.39, 0.29) is 17.6 Å². The highest BCUT2D eigenvalue weighted by Crippen LogP contribution is 2.38. The molecule has 2 aliphatic rings. The molecule has 124 valence electrons. The topological polar surface area (TPSA) is 57.6 Å². The number of thioether (sulfide) groups is 1. The number of likely N-dealkylation sites (tertiary alicyclic amines) is 1. The molecule has 1 amide bonds. The quantitative estimate of drug-likeness (QED) is 0.920. The Bertz CT molecular complexity index is 589. The second-order valence-electron chi connectivity index (χ2n) is 6.42. The summed E-state index contributed by atoms with van der Waals surface area (Å²) in [6, 6.07) is 8.26. The summed E-state index contributed by atoms with van der Waals surface area (Å²) in [5.74, 6) is 0.781. The van der Waals surface area contributed by atoms with Gasteiger partial charge in [-0.2, -0.15) is 0 Å². The molecule has 1 N–H and O–H groups in total. The maximum atomic E-state index is 13.0. The molecule has 0 aliphatic carbocycles. The number of rotatable bonds is 4. The zero-order valence-electron chi connectivity index (χ0n) is 13.2. The first-order valence-electron chi connectivity index (χ1n) is 8.35. The second kappa shape index (κ2) is 7.39. The smallest absolute Gasteiger partial charge is 0.303 e. The lowest BCUT2D eigenvalue weighted by atomic mass is 9.92. The van der Waals surface area contributed by atoms with Crippen LogP contribution in [0.4, 0.5) is 0 Å². The fourth-order valence-corrected chi connectivity index (χ4v) is 4.87. The largest absolute Gasteiger partial charge is 0.481 e. The van der Waals surface area contributed by atoms with Crippen LogP contribution >= 0.6 is 11.8 Å². The van der Waals surface area contributed by atoms with Crippen molar-refractivity contribution < 1.29 is 14.7 Å². The zero-order valence-corrected chi connectivity index (χ0v) is 14.1. The number of carboxylic acid groups (broad SMARTS) is 1. The predicted molar refractivity (Wildman–Crippen MR) is 91.5 cm³/mol. The lowest BCUT2D eigenvalue weighted by Crippen LogP contribution is -2.42. The van der Waals surface area contributed by atoms with Crippen molar-refractivity contribution in [1.82, 2.24) is 4.90 Å². The van der Waals surface area contributed by atoms with Crippen molar-refractivity contribution in [1.29, 1.82) is 0 Å². The number of carbonyl (C=O) groups excluding carboxylic acids is 1. The summed E-state index contributed by atoms with van der Waals surface area (Å²) in [5, 5.41) is 8.76. The molecular weight excluding hydrogens is 310 g/mol. The van der Waals surface area contributed by atoms with Gasteiger partial charge in [-0.3, -0.25) is 9.59 Å². The highest BCUT2D eigenvalue weighted by Gasteiger charge is 2.32. The Morgan fingerprint density at radius 3 is 2.96 bits per heavy atom. The molecule has 0 saturated carbocycles. The molecule has 23 heavy (non-hydrogen) atoms. The number of carboxylic acids is 1. The lowest BCUT2D eigenvalue weighted by Gasteiger charge is -2.36. The SMILES string of the molecule is O=C(O)CC[C@H]1CCCN(C(=O)[C@@H]2SCCc3ccccc32)C1. The number of nitrogens with zero attached hydrogens (tertiary/aromatic N) is 1. The van der Waals surface area contributed by atoms with E-state index in [0.29, 0.717) is 18.9 Å². The van der Waals surface area contributed by atoms with Crippen LogP contribution in [-0.4, -0.2) is 40.7 Å². The fraction of sp³-hybridized carbons (Fsp3) is 0.556. The van der Waals surface area contributed by atoms with Gasteiger partial charge in [0.1, 0.15) is 5.25 Å². The molecule has 0 radical (unpaired) electrons. The Kier molecular flexibility index (Phi) is 5.26. The van der Waals surface area contributed by atoms with Crippen molar-refractivity contribution >= 4 is 23.6 Å². The molecular formula is C18H23NO3S. The molecule has 1 aromatic rings. The van der Waals surface area contributed by atoms with Gasteiger partial charge >= 0.3 is 5.97 Å². The standard InChI is InChI=1S/C18H23NO3S/c20-16(21)8-7-13-4-3-10-19(12-13)18(22)17-15-6-2-1-5-14(15)9-11-23-17/h1-2,5-6,13,17H,3-4,7-12H2,(H,20,21)/t13-,17-/m1/s1. The molecule has 0 bridgehead atoms. The summed E-state index contributed by atoms with van der Waals surface area (Å²) in [7, 11) is 0. The zero-order chi connectivity index (χ0) is 16.2. The van der Waals surface area contributed by atoms with Crippen LogP contribution in [0.25, 0.3) is 0 Å². The van der Waals surface area contributed by atoms with Crippen molar-refractivity contribution in [2.75, 3.05) is 18.8 Å². The van der Waals surface area contributed by atoms with Gasteiger partial charge in [0.25, 0.3) is 0 Å². The average Bonchev–Trinajstić information content (AvgIpc) is 2.59. The maximum Gasteiger partial charge on any atom is 0.303 e. The van der Waals surface area contributed by atoms with E-state index in [4.69, 9.17) is 5.11 Å². The van der Waals surface area contributed by atoms with Crippen molar-refractivity contribution in [3.05, 3.63) is 35.4 Å². The molecule has 4 nitrogen and oxygen atoms in total. The number of fused-ring (bicyclic) bond motifs is 1. The summed E-state index contributed by atoms with van der Waals surface area (Å²) >= 11 is 1.74. The van der Waals surface area contributed by atoms with Gasteiger partial charge in [0.2, 0.25) is 5.91 Å². The van der Waals surface area contributed by atoms with Crippen molar-refractivity contribution in [2.24, 2.45) is 5.92 Å². The highest BCUT2D eigenvalue weighted by atomic mass is 32.2. The van der Waals surface area contributed by atoms with Crippen LogP contribution in [0, 0.1) is 5.92 Å². The second-order valence-corrected chi connectivity index (χ2v) is 7.64. The number of aryl methyl sites for hydroxylation is 1. The molecule has 2 heterocycles. The summed E-state index contributed by atoms with van der Waals surface area (Å²) in [6.07, 6.45) is 3.92. The van der Waals surface area contributed by atoms with E-state index in [2.05, 4.69) is 12.1 Å². The molecule has 0 spiro atoms. The third kappa shape index (κ3) is 3.89. The molecule has 2 aliphatic heterocycles. The average molecular weight is 333 g/mol. The van der Waals surface area contributed by atoms with Crippen molar-refractivity contribution in [3.8, 4) is 0 Å². The van der Waals surface area contributed by atoms with E-state index in [9.17, 15) is 9.59 Å². The van der Waals surface area contributed by atoms with Crippen LogP contribution in [0.1, 0.15) is 42.1 Å². The molecule has 1 aromatic carbocycles. The Balaban J connectivity index is 1.67. The van der Waals surface area contributed by atoms with Crippen LogP contribution in [0.2, 0.25) is 0 Å². The lowest BCUT2D eigenvalue weighted by molar-refractivity contribution is -0.137. The third-order valence-corrected chi connectivity index (χ3v) is 6.04. The van der Waals surface area contributed by atoms with E-state index in [1.165, 1.54) is 11.1 Å². The molecule has 3 rings (SSSR count). The van der Waals surface area contributed by atoms with Crippen LogP contribution in [0.3, 0.4) is 0 Å². The third-order valence-electron chi connectivity index (χ3n) is 4.81. The van der Waals surface area contributed by atoms with Crippen LogP contribution < -0.4 is 0 Å². The van der Waals surface area contributed by atoms with E-state index >= 15 is 0 Å². The monoisotopic (exact) mass is 333 g/mol. The number of piperidine rings is 1. The predicted octanol–water partition coefficient (Wildman–Crippen LogP) is 3.12. The van der Waals surface area contributed by atoms with Crippen LogP contribution in [-0.2, 0) is 16.0 Å². The summed E-state index contributed by atoms with van der Waals surface area (Å²) in [4.78, 5) is 25.7. The van der Waals surface area contributed by atoms with E-state index in [0.717, 1.165) is 31.6 Å². The summed E-state index contributed by atoms with van der Waals surface area (Å²) in [5.41, 5.74) is 2.46. The van der Waals surface area contributed by atoms with Gasteiger partial charge in [-0.15, -0.1) is 11.8 Å². The molecule has 1 fully saturated rings. The van der Waals surface area contributed by atoms with E-state index in [1.807, 2.05) is 17.0 Å². The van der Waals surface area contributed by atoms with Crippen molar-refractivity contribution in [2.45, 2.75) is 37.4 Å². The molecule has 1 saturated heterocycles. The Morgan fingerprint density at radius 1 is 1.30 bits per heavy atom. The summed E-state index contributed by atoms with van der Waals surface area (Å²) < 4.78 is 0. The van der Waals surface area contributed by atoms with Gasteiger partial charge in [-0.25, -0.2) is 0 Å². The number of carbonyl (C=O) groups is 2. The molecule has 2 atom stereocenters. The normalized spacial score (nSPS) is 24.1. The first kappa shape index (κ1) is 16.4. The minimum Gasteiger partial charge on any atom is -0.481 e. The maximum absolute atomic E-state index is 13.0. The summed E-state index contributed by atoms with van der Waals surface area (Å²) in [6.45, 7) is 1.52. The first-order chi connectivity index (χ1) is 11.1. The van der Waals surface area contributed by atoms with Crippen molar-refractivity contribution in [3.63, 3.8) is 0 Å². The number of aliphatic carboxylic acids is 1. The Morgan fingerprint density at radius 2 is 2.13 bits per heavy atom. The van der Waals surface area contributed by atoms with E-state index < -0.39 is 5.97 Å². The Hall–Kier alpha value is -1.49. The van der Waals surface area contributed by atoms with Crippen LogP contribution in [0.15, 0.2) is 24.3 Å². The molecule has 0 unspecified atom stereocenters. The number of amides is 1. The van der Waals surface area contributed by atoms with Gasteiger partial charge in [0, 0.05) is 19.5 Å². The van der Waals surface area contributed by atoms with Gasteiger partial charge in [0.05, 0.1) is 0 Å². The van der Waals surface area contributed by atoms with Gasteiger partial charge in [-0.1, -0.05) is 24.3 Å². The minimum atomic E-state index is -0.745. The fourth-order valence-electron chi connectivity index (χ4n) is 3.59. The Labute approximate surface area is 141 Å². The highest BCUT2D eigenvalue weighted by molar-refractivity contribution is 8.00. The van der Waals surface area contributed by atoms with E-state index in [1.54, 1.807) is 11.8 Å². The number of hydrogen-bond acceptors (Lipinski definition) is 3.